The molecule has 2 N–H and O–H groups in total. The summed E-state index contributed by atoms with van der Waals surface area (Å²) in [7, 11) is 0. The Bertz CT molecular complexity index is 883. The van der Waals surface area contributed by atoms with Crippen molar-refractivity contribution in [2.45, 2.75) is 64.1 Å². The normalized spacial score (nSPS) is 20.4. The van der Waals surface area contributed by atoms with E-state index in [0.29, 0.717) is 24.7 Å². The minimum atomic E-state index is -1.16. The first-order valence-corrected chi connectivity index (χ1v) is 10.6. The predicted molar refractivity (Wildman–Crippen MR) is 113 cm³/mol. The standard InChI is InChI=1S/C24H31N3O2/c1-24(2,3)18-12-16-8-11-27(23(29)22(28)17-6-4-9-25-14-17)15-20(16)19(13-18)21-7-5-10-26-21/h4,6,9,12-14,21-22,26,28H,5,7-8,10-11,15H2,1-3H3/t21-,22+/m0/s1. The van der Waals surface area contributed by atoms with Gasteiger partial charge in [0.1, 0.15) is 0 Å². The van der Waals surface area contributed by atoms with Crippen molar-refractivity contribution in [2.75, 3.05) is 13.1 Å². The van der Waals surface area contributed by atoms with Gasteiger partial charge in [-0.3, -0.25) is 9.78 Å². The molecule has 1 aromatic heterocycles. The molecular weight excluding hydrogens is 362 g/mol. The van der Waals surface area contributed by atoms with Crippen LogP contribution in [0.25, 0.3) is 0 Å². The molecule has 0 unspecified atom stereocenters. The molecule has 5 heteroatoms. The van der Waals surface area contributed by atoms with Gasteiger partial charge in [-0.15, -0.1) is 0 Å². The van der Waals surface area contributed by atoms with E-state index in [-0.39, 0.29) is 11.3 Å². The zero-order chi connectivity index (χ0) is 20.6. The number of carbonyl (C=O) groups is 1. The molecule has 0 spiro atoms. The summed E-state index contributed by atoms with van der Waals surface area (Å²) in [5, 5.41) is 14.2. The Kier molecular flexibility index (Phi) is 5.45. The van der Waals surface area contributed by atoms with E-state index in [0.717, 1.165) is 19.4 Å². The number of pyridine rings is 1. The number of aromatic nitrogens is 1. The summed E-state index contributed by atoms with van der Waals surface area (Å²) in [6.45, 7) is 9.00. The van der Waals surface area contributed by atoms with E-state index in [4.69, 9.17) is 0 Å². The summed E-state index contributed by atoms with van der Waals surface area (Å²) >= 11 is 0. The Morgan fingerprint density at radius 3 is 2.83 bits per heavy atom. The monoisotopic (exact) mass is 393 g/mol. The van der Waals surface area contributed by atoms with Gasteiger partial charge in [-0.05, 0) is 59.5 Å². The van der Waals surface area contributed by atoms with Crippen LogP contribution in [0, 0.1) is 0 Å². The number of benzene rings is 1. The number of amides is 1. The fraction of sp³-hybridized carbons (Fsp3) is 0.500. The van der Waals surface area contributed by atoms with Crippen LogP contribution in [-0.4, -0.2) is 34.0 Å². The molecule has 5 nitrogen and oxygen atoms in total. The second-order valence-corrected chi connectivity index (χ2v) is 9.30. The zero-order valence-electron chi connectivity index (χ0n) is 17.6. The van der Waals surface area contributed by atoms with Gasteiger partial charge >= 0.3 is 0 Å². The summed E-state index contributed by atoms with van der Waals surface area (Å²) in [5.41, 5.74) is 5.93. The van der Waals surface area contributed by atoms with E-state index in [2.05, 4.69) is 43.2 Å². The van der Waals surface area contributed by atoms with Crippen molar-refractivity contribution >= 4 is 5.91 Å². The minimum absolute atomic E-state index is 0.0891. The third kappa shape index (κ3) is 4.07. The zero-order valence-corrected chi connectivity index (χ0v) is 17.6. The molecule has 1 fully saturated rings. The Labute approximate surface area is 173 Å². The van der Waals surface area contributed by atoms with Crippen molar-refractivity contribution in [3.8, 4) is 0 Å². The number of fused-ring (bicyclic) bond motifs is 1. The van der Waals surface area contributed by atoms with E-state index in [1.807, 2.05) is 0 Å². The summed E-state index contributed by atoms with van der Waals surface area (Å²) in [6.07, 6.45) is 5.18. The van der Waals surface area contributed by atoms with E-state index in [1.54, 1.807) is 29.4 Å². The lowest BCUT2D eigenvalue weighted by Gasteiger charge is -2.34. The first-order chi connectivity index (χ1) is 13.8. The Morgan fingerprint density at radius 2 is 2.17 bits per heavy atom. The van der Waals surface area contributed by atoms with Gasteiger partial charge in [0.15, 0.2) is 6.10 Å². The average Bonchev–Trinajstić information content (AvgIpc) is 3.26. The van der Waals surface area contributed by atoms with Crippen molar-refractivity contribution in [3.05, 3.63) is 64.5 Å². The van der Waals surface area contributed by atoms with Crippen LogP contribution in [0.3, 0.4) is 0 Å². The first kappa shape index (κ1) is 20.0. The largest absolute Gasteiger partial charge is 0.378 e. The smallest absolute Gasteiger partial charge is 0.256 e. The highest BCUT2D eigenvalue weighted by Gasteiger charge is 2.31. The molecular formula is C24H31N3O2. The van der Waals surface area contributed by atoms with Gasteiger partial charge in [-0.2, -0.15) is 0 Å². The highest BCUT2D eigenvalue weighted by molar-refractivity contribution is 5.82. The van der Waals surface area contributed by atoms with Crippen molar-refractivity contribution in [1.82, 2.24) is 15.2 Å². The summed E-state index contributed by atoms with van der Waals surface area (Å²) < 4.78 is 0. The first-order valence-electron chi connectivity index (χ1n) is 10.6. The second kappa shape index (κ2) is 7.88. The SMILES string of the molecule is CC(C)(C)c1cc2c(c([C@@H]3CCCN3)c1)CN(C(=O)[C@H](O)c1cccnc1)CC2. The summed E-state index contributed by atoms with van der Waals surface area (Å²) in [6, 6.07) is 8.51. The van der Waals surface area contributed by atoms with Crippen LogP contribution in [0.4, 0.5) is 0 Å². The number of rotatable bonds is 3. The summed E-state index contributed by atoms with van der Waals surface area (Å²) in [5.74, 6) is -0.242. The number of aliphatic hydroxyl groups is 1. The average molecular weight is 394 g/mol. The molecule has 2 atom stereocenters. The highest BCUT2D eigenvalue weighted by atomic mass is 16.3. The minimum Gasteiger partial charge on any atom is -0.378 e. The van der Waals surface area contributed by atoms with Gasteiger partial charge in [0.05, 0.1) is 0 Å². The molecule has 0 radical (unpaired) electrons. The van der Waals surface area contributed by atoms with E-state index in [9.17, 15) is 9.90 Å². The van der Waals surface area contributed by atoms with Gasteiger partial charge in [-0.25, -0.2) is 0 Å². The van der Waals surface area contributed by atoms with Crippen LogP contribution in [-0.2, 0) is 23.2 Å². The molecule has 0 saturated carbocycles. The number of hydrogen-bond acceptors (Lipinski definition) is 4. The van der Waals surface area contributed by atoms with Crippen LogP contribution in [0.2, 0.25) is 0 Å². The van der Waals surface area contributed by atoms with E-state index >= 15 is 0 Å². The molecule has 3 heterocycles. The van der Waals surface area contributed by atoms with Crippen LogP contribution >= 0.6 is 0 Å². The topological polar surface area (TPSA) is 65.5 Å². The molecule has 0 aliphatic carbocycles. The summed E-state index contributed by atoms with van der Waals surface area (Å²) in [4.78, 5) is 18.8. The maximum atomic E-state index is 13.0. The molecule has 1 aromatic carbocycles. The van der Waals surface area contributed by atoms with Crippen LogP contribution in [0.1, 0.15) is 73.6 Å². The number of aliphatic hydroxyl groups excluding tert-OH is 1. The molecule has 154 valence electrons. The maximum Gasteiger partial charge on any atom is 0.256 e. The Hall–Kier alpha value is -2.24. The van der Waals surface area contributed by atoms with Crippen LogP contribution < -0.4 is 5.32 Å². The molecule has 2 aromatic rings. The van der Waals surface area contributed by atoms with Crippen molar-refractivity contribution in [1.29, 1.82) is 0 Å². The maximum absolute atomic E-state index is 13.0. The third-order valence-electron chi connectivity index (χ3n) is 6.22. The van der Waals surface area contributed by atoms with Crippen molar-refractivity contribution in [2.24, 2.45) is 0 Å². The molecule has 1 saturated heterocycles. The number of hydrogen-bond donors (Lipinski definition) is 2. The number of nitrogens with zero attached hydrogens (tertiary/aromatic N) is 2. The molecule has 0 bridgehead atoms. The molecule has 29 heavy (non-hydrogen) atoms. The fourth-order valence-electron chi connectivity index (χ4n) is 4.43. The lowest BCUT2D eigenvalue weighted by molar-refractivity contribution is -0.141. The van der Waals surface area contributed by atoms with Gasteiger partial charge in [0, 0.05) is 37.1 Å². The third-order valence-corrected chi connectivity index (χ3v) is 6.22. The fourth-order valence-corrected chi connectivity index (χ4v) is 4.43. The predicted octanol–water partition coefficient (Wildman–Crippen LogP) is 3.42. The molecule has 4 rings (SSSR count). The van der Waals surface area contributed by atoms with E-state index in [1.165, 1.54) is 28.7 Å². The quantitative estimate of drug-likeness (QED) is 0.839. The van der Waals surface area contributed by atoms with Gasteiger partial charge in [0.25, 0.3) is 5.91 Å². The highest BCUT2D eigenvalue weighted by Crippen LogP contribution is 2.36. The van der Waals surface area contributed by atoms with E-state index < -0.39 is 6.10 Å². The molecule has 2 aliphatic rings. The van der Waals surface area contributed by atoms with Crippen molar-refractivity contribution in [3.63, 3.8) is 0 Å². The van der Waals surface area contributed by atoms with Gasteiger partial charge in [0.2, 0.25) is 0 Å². The van der Waals surface area contributed by atoms with Crippen LogP contribution in [0.15, 0.2) is 36.7 Å². The Morgan fingerprint density at radius 1 is 1.34 bits per heavy atom. The lowest BCUT2D eigenvalue weighted by atomic mass is 9.80. The number of carbonyl (C=O) groups excluding carboxylic acids is 1. The van der Waals surface area contributed by atoms with Gasteiger partial charge < -0.3 is 15.3 Å². The second-order valence-electron chi connectivity index (χ2n) is 9.30. The van der Waals surface area contributed by atoms with Crippen molar-refractivity contribution < 1.29 is 9.90 Å². The Balaban J connectivity index is 1.65. The van der Waals surface area contributed by atoms with Gasteiger partial charge in [-0.1, -0.05) is 39.0 Å². The number of nitrogens with one attached hydrogen (secondary N) is 1. The van der Waals surface area contributed by atoms with Crippen LogP contribution in [0.5, 0.6) is 0 Å². The molecule has 2 aliphatic heterocycles. The molecule has 1 amide bonds. The lowest BCUT2D eigenvalue weighted by Crippen LogP contribution is -2.40.